The summed E-state index contributed by atoms with van der Waals surface area (Å²) in [6.07, 6.45) is 4.21. The number of hydrogen-bond donors (Lipinski definition) is 1. The van der Waals surface area contributed by atoms with Gasteiger partial charge in [-0.25, -0.2) is 0 Å². The van der Waals surface area contributed by atoms with Crippen LogP contribution in [-0.4, -0.2) is 12.6 Å². The lowest BCUT2D eigenvalue weighted by atomic mass is 10.2. The smallest absolute Gasteiger partial charge is 0.0983 e. The SMILES string of the molecule is C=CCNC(C#N)C1CC1. The average Bonchev–Trinajstić information content (AvgIpc) is 2.73. The molecule has 0 heterocycles. The highest BCUT2D eigenvalue weighted by molar-refractivity contribution is 5.01. The van der Waals surface area contributed by atoms with Crippen LogP contribution in [0.3, 0.4) is 0 Å². The molecule has 0 bridgehead atoms. The number of nitrogens with zero attached hydrogens (tertiary/aromatic N) is 1. The van der Waals surface area contributed by atoms with Crippen molar-refractivity contribution in [3.8, 4) is 6.07 Å². The first-order chi connectivity index (χ1) is 4.88. The van der Waals surface area contributed by atoms with Crippen molar-refractivity contribution in [2.45, 2.75) is 18.9 Å². The Morgan fingerprint density at radius 1 is 1.80 bits per heavy atom. The van der Waals surface area contributed by atoms with Crippen LogP contribution in [0.15, 0.2) is 12.7 Å². The average molecular weight is 136 g/mol. The molecule has 1 rings (SSSR count). The van der Waals surface area contributed by atoms with Crippen LogP contribution in [0, 0.1) is 17.2 Å². The predicted molar refractivity (Wildman–Crippen MR) is 40.3 cm³/mol. The Balaban J connectivity index is 2.20. The van der Waals surface area contributed by atoms with Gasteiger partial charge in [-0.15, -0.1) is 6.58 Å². The maximum atomic E-state index is 8.62. The highest BCUT2D eigenvalue weighted by Gasteiger charge is 2.30. The van der Waals surface area contributed by atoms with E-state index in [9.17, 15) is 0 Å². The van der Waals surface area contributed by atoms with Crippen molar-refractivity contribution in [3.63, 3.8) is 0 Å². The third-order valence-corrected chi connectivity index (χ3v) is 1.71. The molecule has 1 atom stereocenters. The summed E-state index contributed by atoms with van der Waals surface area (Å²) in [7, 11) is 0. The van der Waals surface area contributed by atoms with E-state index >= 15 is 0 Å². The summed E-state index contributed by atoms with van der Waals surface area (Å²) >= 11 is 0. The van der Waals surface area contributed by atoms with Crippen molar-refractivity contribution < 1.29 is 0 Å². The number of hydrogen-bond acceptors (Lipinski definition) is 2. The maximum Gasteiger partial charge on any atom is 0.0983 e. The second-order valence-electron chi connectivity index (χ2n) is 2.64. The fourth-order valence-corrected chi connectivity index (χ4v) is 0.958. The number of rotatable bonds is 4. The molecule has 0 aliphatic heterocycles. The molecule has 0 aromatic carbocycles. The first-order valence-electron chi connectivity index (χ1n) is 3.62. The third kappa shape index (κ3) is 1.85. The molecule has 1 N–H and O–H groups in total. The molecule has 0 aromatic rings. The number of nitrogens with one attached hydrogen (secondary N) is 1. The third-order valence-electron chi connectivity index (χ3n) is 1.71. The van der Waals surface area contributed by atoms with Crippen molar-refractivity contribution in [1.29, 1.82) is 5.26 Å². The molecule has 0 radical (unpaired) electrons. The van der Waals surface area contributed by atoms with Gasteiger partial charge in [0.15, 0.2) is 0 Å². The van der Waals surface area contributed by atoms with Gasteiger partial charge in [0.1, 0.15) is 0 Å². The largest absolute Gasteiger partial charge is 0.298 e. The molecule has 1 saturated carbocycles. The summed E-state index contributed by atoms with van der Waals surface area (Å²) in [4.78, 5) is 0. The van der Waals surface area contributed by atoms with E-state index in [-0.39, 0.29) is 6.04 Å². The molecule has 2 nitrogen and oxygen atoms in total. The van der Waals surface area contributed by atoms with Gasteiger partial charge in [-0.05, 0) is 18.8 Å². The van der Waals surface area contributed by atoms with Crippen LogP contribution in [-0.2, 0) is 0 Å². The molecular weight excluding hydrogens is 124 g/mol. The zero-order valence-electron chi connectivity index (χ0n) is 6.01. The van der Waals surface area contributed by atoms with Gasteiger partial charge in [-0.2, -0.15) is 5.26 Å². The fourth-order valence-electron chi connectivity index (χ4n) is 0.958. The number of nitriles is 1. The van der Waals surface area contributed by atoms with Gasteiger partial charge in [-0.1, -0.05) is 6.08 Å². The van der Waals surface area contributed by atoms with Gasteiger partial charge < -0.3 is 0 Å². The Morgan fingerprint density at radius 2 is 2.50 bits per heavy atom. The Bertz CT molecular complexity index is 153. The summed E-state index contributed by atoms with van der Waals surface area (Å²) < 4.78 is 0. The van der Waals surface area contributed by atoms with Gasteiger partial charge >= 0.3 is 0 Å². The van der Waals surface area contributed by atoms with Crippen LogP contribution in [0.4, 0.5) is 0 Å². The Labute approximate surface area is 61.5 Å². The lowest BCUT2D eigenvalue weighted by Gasteiger charge is -2.06. The van der Waals surface area contributed by atoms with Crippen LogP contribution in [0.2, 0.25) is 0 Å². The molecule has 0 saturated heterocycles. The maximum absolute atomic E-state index is 8.62. The molecular formula is C8H12N2. The minimum absolute atomic E-state index is 0.0676. The normalized spacial score (nSPS) is 19.5. The monoisotopic (exact) mass is 136 g/mol. The van der Waals surface area contributed by atoms with E-state index in [0.29, 0.717) is 5.92 Å². The summed E-state index contributed by atoms with van der Waals surface area (Å²) in [6.45, 7) is 4.32. The molecule has 1 aliphatic carbocycles. The van der Waals surface area contributed by atoms with E-state index in [1.807, 2.05) is 0 Å². The molecule has 1 fully saturated rings. The van der Waals surface area contributed by atoms with Crippen molar-refractivity contribution in [1.82, 2.24) is 5.32 Å². The van der Waals surface area contributed by atoms with E-state index in [2.05, 4.69) is 18.0 Å². The van der Waals surface area contributed by atoms with E-state index in [0.717, 1.165) is 6.54 Å². The second kappa shape index (κ2) is 3.38. The van der Waals surface area contributed by atoms with Crippen molar-refractivity contribution in [3.05, 3.63) is 12.7 Å². The van der Waals surface area contributed by atoms with Gasteiger partial charge in [-0.3, -0.25) is 5.32 Å². The lowest BCUT2D eigenvalue weighted by molar-refractivity contribution is 0.582. The van der Waals surface area contributed by atoms with Crippen molar-refractivity contribution in [2.75, 3.05) is 6.54 Å². The Hall–Kier alpha value is -0.810. The van der Waals surface area contributed by atoms with Crippen LogP contribution in [0.25, 0.3) is 0 Å². The molecule has 10 heavy (non-hydrogen) atoms. The molecule has 0 amide bonds. The van der Waals surface area contributed by atoms with E-state index in [4.69, 9.17) is 5.26 Å². The van der Waals surface area contributed by atoms with Crippen LogP contribution >= 0.6 is 0 Å². The van der Waals surface area contributed by atoms with Crippen LogP contribution in [0.5, 0.6) is 0 Å². The minimum atomic E-state index is 0.0676. The van der Waals surface area contributed by atoms with Gasteiger partial charge in [0, 0.05) is 6.54 Å². The van der Waals surface area contributed by atoms with E-state index < -0.39 is 0 Å². The minimum Gasteiger partial charge on any atom is -0.298 e. The first kappa shape index (κ1) is 7.30. The predicted octanol–water partition coefficient (Wildman–Crippen LogP) is 1.06. The molecule has 1 unspecified atom stereocenters. The second-order valence-corrected chi connectivity index (χ2v) is 2.64. The summed E-state index contributed by atoms with van der Waals surface area (Å²) in [6, 6.07) is 2.31. The molecule has 0 spiro atoms. The Morgan fingerprint density at radius 3 is 2.90 bits per heavy atom. The summed E-state index contributed by atoms with van der Waals surface area (Å²) in [5.74, 6) is 0.616. The zero-order valence-corrected chi connectivity index (χ0v) is 6.01. The van der Waals surface area contributed by atoms with Gasteiger partial charge in [0.2, 0.25) is 0 Å². The summed E-state index contributed by atoms with van der Waals surface area (Å²) in [5, 5.41) is 11.7. The van der Waals surface area contributed by atoms with E-state index in [1.165, 1.54) is 12.8 Å². The summed E-state index contributed by atoms with van der Waals surface area (Å²) in [5.41, 5.74) is 0. The first-order valence-corrected chi connectivity index (χ1v) is 3.62. The zero-order chi connectivity index (χ0) is 7.40. The topological polar surface area (TPSA) is 35.8 Å². The van der Waals surface area contributed by atoms with Gasteiger partial charge in [0.25, 0.3) is 0 Å². The molecule has 2 heteroatoms. The Kier molecular flexibility index (Phi) is 2.47. The standard InChI is InChI=1S/C8H12N2/c1-2-5-10-8(6-9)7-3-4-7/h2,7-8,10H,1,3-5H2. The van der Waals surface area contributed by atoms with Crippen molar-refractivity contribution >= 4 is 0 Å². The molecule has 0 aromatic heterocycles. The molecule has 1 aliphatic rings. The van der Waals surface area contributed by atoms with Crippen molar-refractivity contribution in [2.24, 2.45) is 5.92 Å². The van der Waals surface area contributed by atoms with Gasteiger partial charge in [0.05, 0.1) is 12.1 Å². The van der Waals surface area contributed by atoms with Crippen LogP contribution < -0.4 is 5.32 Å². The highest BCUT2D eigenvalue weighted by Crippen LogP contribution is 2.32. The highest BCUT2D eigenvalue weighted by atomic mass is 14.9. The quantitative estimate of drug-likeness (QED) is 0.587. The fraction of sp³-hybridized carbons (Fsp3) is 0.625. The van der Waals surface area contributed by atoms with E-state index in [1.54, 1.807) is 6.08 Å². The molecule has 54 valence electrons. The lowest BCUT2D eigenvalue weighted by Crippen LogP contribution is -2.29. The van der Waals surface area contributed by atoms with Crippen LogP contribution in [0.1, 0.15) is 12.8 Å².